The number of aromatic nitrogens is 2. The quantitative estimate of drug-likeness (QED) is 0.657. The molecule has 0 spiro atoms. The highest BCUT2D eigenvalue weighted by atomic mass is 19.4. The second-order valence-electron chi connectivity index (χ2n) is 7.27. The van der Waals surface area contributed by atoms with Crippen molar-refractivity contribution < 1.29 is 13.2 Å². The third kappa shape index (κ3) is 3.00. The lowest BCUT2D eigenvalue weighted by Crippen LogP contribution is -2.51. The molecule has 0 saturated carbocycles. The maximum absolute atomic E-state index is 13.3. The van der Waals surface area contributed by atoms with E-state index in [0.717, 1.165) is 24.7 Å². The summed E-state index contributed by atoms with van der Waals surface area (Å²) >= 11 is 0. The Balaban J connectivity index is 1.42. The SMILES string of the molecule is FC(F)(F)c1cnc(Nc2ccc3c(c2)C2CCC3N2)nc1NC1CNC1. The number of hydrogen-bond donors (Lipinski definition) is 4. The van der Waals surface area contributed by atoms with Crippen molar-refractivity contribution >= 4 is 17.5 Å². The van der Waals surface area contributed by atoms with Gasteiger partial charge in [-0.2, -0.15) is 18.2 Å². The van der Waals surface area contributed by atoms with Crippen LogP contribution in [0.25, 0.3) is 0 Å². The van der Waals surface area contributed by atoms with Gasteiger partial charge in [-0.15, -0.1) is 0 Å². The number of fused-ring (bicyclic) bond motifs is 5. The van der Waals surface area contributed by atoms with Crippen molar-refractivity contribution in [3.05, 3.63) is 41.1 Å². The number of benzene rings is 1. The lowest BCUT2D eigenvalue weighted by Gasteiger charge is -2.29. The van der Waals surface area contributed by atoms with Crippen LogP contribution in [-0.4, -0.2) is 29.1 Å². The van der Waals surface area contributed by atoms with Crippen LogP contribution in [-0.2, 0) is 6.18 Å². The first kappa shape index (κ1) is 16.8. The Morgan fingerprint density at radius 1 is 1.07 bits per heavy atom. The molecule has 0 aliphatic carbocycles. The number of rotatable bonds is 4. The van der Waals surface area contributed by atoms with Crippen LogP contribution in [0.3, 0.4) is 0 Å². The summed E-state index contributed by atoms with van der Waals surface area (Å²) in [5.74, 6) is -0.0396. The fraction of sp³-hybridized carbons (Fsp3) is 0.444. The molecule has 3 aliphatic heterocycles. The third-order valence-corrected chi connectivity index (χ3v) is 5.46. The average Bonchev–Trinajstić information content (AvgIpc) is 3.19. The molecule has 1 aromatic carbocycles. The highest BCUT2D eigenvalue weighted by Crippen LogP contribution is 2.45. The highest BCUT2D eigenvalue weighted by molar-refractivity contribution is 5.60. The van der Waals surface area contributed by atoms with Gasteiger partial charge in [0.25, 0.3) is 0 Å². The van der Waals surface area contributed by atoms with Gasteiger partial charge in [0.2, 0.25) is 5.95 Å². The molecule has 0 amide bonds. The van der Waals surface area contributed by atoms with Gasteiger partial charge < -0.3 is 21.3 Å². The topological polar surface area (TPSA) is 73.9 Å². The van der Waals surface area contributed by atoms with Crippen LogP contribution in [0.4, 0.5) is 30.6 Å². The standard InChI is InChI=1S/C18H19F3N6/c19-18(20,21)13-8-23-17(27-16(13)24-10-6-22-7-10)25-9-1-2-11-12(5-9)15-4-3-14(11)26-15/h1-2,5,8,10,14-15,22,26H,3-4,6-7H2,(H2,23,24,25,27). The summed E-state index contributed by atoms with van der Waals surface area (Å²) in [4.78, 5) is 7.98. The van der Waals surface area contributed by atoms with Crippen molar-refractivity contribution in [2.45, 2.75) is 37.1 Å². The van der Waals surface area contributed by atoms with Gasteiger partial charge in [-0.3, -0.25) is 0 Å². The zero-order valence-electron chi connectivity index (χ0n) is 14.4. The Labute approximate surface area is 154 Å². The van der Waals surface area contributed by atoms with Crippen LogP contribution in [0.2, 0.25) is 0 Å². The smallest absolute Gasteiger partial charge is 0.364 e. The van der Waals surface area contributed by atoms with Crippen molar-refractivity contribution in [3.8, 4) is 0 Å². The zero-order chi connectivity index (χ0) is 18.6. The number of hydrogen-bond acceptors (Lipinski definition) is 6. The summed E-state index contributed by atoms with van der Waals surface area (Å²) in [5, 5.41) is 12.5. The number of nitrogens with one attached hydrogen (secondary N) is 4. The molecule has 4 N–H and O–H groups in total. The molecular weight excluding hydrogens is 357 g/mol. The van der Waals surface area contributed by atoms with E-state index in [1.165, 1.54) is 11.1 Å². The lowest BCUT2D eigenvalue weighted by atomic mass is 9.91. The largest absolute Gasteiger partial charge is 0.421 e. The van der Waals surface area contributed by atoms with Gasteiger partial charge in [0, 0.05) is 37.1 Å². The summed E-state index contributed by atoms with van der Waals surface area (Å²) in [5.41, 5.74) is 2.49. The lowest BCUT2D eigenvalue weighted by molar-refractivity contribution is -0.137. The predicted molar refractivity (Wildman–Crippen MR) is 94.9 cm³/mol. The molecule has 2 saturated heterocycles. The molecule has 27 heavy (non-hydrogen) atoms. The first-order valence-electron chi connectivity index (χ1n) is 9.06. The van der Waals surface area contributed by atoms with E-state index in [1.807, 2.05) is 12.1 Å². The zero-order valence-corrected chi connectivity index (χ0v) is 14.4. The molecule has 2 unspecified atom stereocenters. The minimum atomic E-state index is -4.50. The molecule has 0 radical (unpaired) electrons. The molecule has 2 fully saturated rings. The van der Waals surface area contributed by atoms with Crippen LogP contribution in [0.15, 0.2) is 24.4 Å². The molecular formula is C18H19F3N6. The van der Waals surface area contributed by atoms with Crippen LogP contribution in [0, 0.1) is 0 Å². The molecule has 1 aromatic heterocycles. The number of halogens is 3. The third-order valence-electron chi connectivity index (χ3n) is 5.46. The Morgan fingerprint density at radius 3 is 2.56 bits per heavy atom. The van der Waals surface area contributed by atoms with E-state index in [4.69, 9.17) is 0 Å². The molecule has 4 heterocycles. The minimum Gasteiger partial charge on any atom is -0.364 e. The first-order chi connectivity index (χ1) is 13.0. The molecule has 3 aliphatic rings. The van der Waals surface area contributed by atoms with Crippen molar-refractivity contribution in [1.29, 1.82) is 0 Å². The van der Waals surface area contributed by atoms with Gasteiger partial charge in [0.15, 0.2) is 0 Å². The summed E-state index contributed by atoms with van der Waals surface area (Å²) in [6, 6.07) is 6.76. The number of alkyl halides is 3. The average molecular weight is 376 g/mol. The molecule has 142 valence electrons. The predicted octanol–water partition coefficient (Wildman–Crippen LogP) is 3.10. The summed E-state index contributed by atoms with van der Waals surface area (Å²) < 4.78 is 39.8. The van der Waals surface area contributed by atoms with Gasteiger partial charge >= 0.3 is 6.18 Å². The summed E-state index contributed by atoms with van der Waals surface area (Å²) in [7, 11) is 0. The van der Waals surface area contributed by atoms with E-state index in [9.17, 15) is 13.2 Å². The molecule has 2 bridgehead atoms. The maximum atomic E-state index is 13.3. The van der Waals surface area contributed by atoms with E-state index in [-0.39, 0.29) is 17.8 Å². The molecule has 2 aromatic rings. The number of nitrogens with zero attached hydrogens (tertiary/aromatic N) is 2. The Kier molecular flexibility index (Phi) is 3.76. The van der Waals surface area contributed by atoms with Crippen molar-refractivity contribution in [2.75, 3.05) is 23.7 Å². The molecule has 6 nitrogen and oxygen atoms in total. The summed E-state index contributed by atoms with van der Waals surface area (Å²) in [6.07, 6.45) is -1.41. The van der Waals surface area contributed by atoms with E-state index in [0.29, 0.717) is 25.2 Å². The summed E-state index contributed by atoms with van der Waals surface area (Å²) in [6.45, 7) is 1.23. The Hall–Kier alpha value is -2.39. The van der Waals surface area contributed by atoms with Crippen LogP contribution in [0.1, 0.15) is 41.6 Å². The highest BCUT2D eigenvalue weighted by Gasteiger charge is 2.37. The van der Waals surface area contributed by atoms with E-state index in [2.05, 4.69) is 37.3 Å². The molecule has 5 rings (SSSR count). The van der Waals surface area contributed by atoms with Crippen molar-refractivity contribution in [3.63, 3.8) is 0 Å². The van der Waals surface area contributed by atoms with Crippen molar-refractivity contribution in [1.82, 2.24) is 20.6 Å². The van der Waals surface area contributed by atoms with E-state index in [1.54, 1.807) is 0 Å². The first-order valence-corrected chi connectivity index (χ1v) is 9.06. The monoisotopic (exact) mass is 376 g/mol. The van der Waals surface area contributed by atoms with Gasteiger partial charge in [-0.25, -0.2) is 4.98 Å². The Bertz CT molecular complexity index is 880. The normalized spacial score (nSPS) is 23.8. The van der Waals surface area contributed by atoms with Crippen LogP contribution < -0.4 is 21.3 Å². The van der Waals surface area contributed by atoms with Gasteiger partial charge in [0.05, 0.1) is 6.04 Å². The fourth-order valence-electron chi connectivity index (χ4n) is 3.98. The van der Waals surface area contributed by atoms with Gasteiger partial charge in [-0.1, -0.05) is 6.07 Å². The van der Waals surface area contributed by atoms with Crippen LogP contribution >= 0.6 is 0 Å². The molecule has 2 atom stereocenters. The maximum Gasteiger partial charge on any atom is 0.421 e. The van der Waals surface area contributed by atoms with Crippen molar-refractivity contribution in [2.24, 2.45) is 0 Å². The van der Waals surface area contributed by atoms with E-state index < -0.39 is 11.7 Å². The van der Waals surface area contributed by atoms with Gasteiger partial charge in [-0.05, 0) is 36.1 Å². The molecule has 9 heteroatoms. The fourth-order valence-corrected chi connectivity index (χ4v) is 3.98. The second-order valence-corrected chi connectivity index (χ2v) is 7.27. The Morgan fingerprint density at radius 2 is 1.85 bits per heavy atom. The van der Waals surface area contributed by atoms with Gasteiger partial charge in [0.1, 0.15) is 11.4 Å². The minimum absolute atomic E-state index is 0.0598. The number of anilines is 3. The van der Waals surface area contributed by atoms with E-state index >= 15 is 0 Å². The second kappa shape index (κ2) is 6.07. The van der Waals surface area contributed by atoms with Crippen LogP contribution in [0.5, 0.6) is 0 Å².